The number of ether oxygens (including phenoxy) is 1. The summed E-state index contributed by atoms with van der Waals surface area (Å²) in [5, 5.41) is 9.86. The minimum Gasteiger partial charge on any atom is -0.504 e. The summed E-state index contributed by atoms with van der Waals surface area (Å²) in [7, 11) is 1.45. The van der Waals surface area contributed by atoms with Gasteiger partial charge in [0.2, 0.25) is 5.91 Å². The summed E-state index contributed by atoms with van der Waals surface area (Å²) in [4.78, 5) is 30.1. The number of carbonyl (C=O) groups is 2. The Labute approximate surface area is 172 Å². The van der Waals surface area contributed by atoms with Gasteiger partial charge in [0, 0.05) is 18.0 Å². The van der Waals surface area contributed by atoms with Crippen molar-refractivity contribution in [2.24, 2.45) is 11.1 Å². The number of aromatic nitrogens is 1. The highest BCUT2D eigenvalue weighted by Crippen LogP contribution is 2.36. The molecule has 2 rings (SSSR count). The molecular formula is C23H30N2O4. The summed E-state index contributed by atoms with van der Waals surface area (Å²) >= 11 is 0. The van der Waals surface area contributed by atoms with Crippen LogP contribution in [0.3, 0.4) is 0 Å². The Morgan fingerprint density at radius 1 is 1.17 bits per heavy atom. The third kappa shape index (κ3) is 5.56. The first-order chi connectivity index (χ1) is 13.9. The molecule has 0 aliphatic heterocycles. The molecule has 0 saturated heterocycles. The number of unbranched alkanes of at least 4 members (excludes halogenated alkanes) is 4. The second-order valence-corrected chi connectivity index (χ2v) is 7.36. The van der Waals surface area contributed by atoms with E-state index in [1.807, 2.05) is 0 Å². The molecule has 29 heavy (non-hydrogen) atoms. The number of carbonyl (C=O) groups excluding carboxylic acids is 2. The molecule has 0 aliphatic rings. The number of hydrogen-bond donors (Lipinski definition) is 2. The predicted molar refractivity (Wildman–Crippen MR) is 112 cm³/mol. The molecule has 1 amide bonds. The molecule has 2 aromatic rings. The number of phenolic OH excluding ortho intramolecular Hbond substituents is 1. The van der Waals surface area contributed by atoms with Crippen LogP contribution in [0.4, 0.5) is 0 Å². The molecule has 6 nitrogen and oxygen atoms in total. The zero-order chi connectivity index (χ0) is 21.3. The molecule has 6 heteroatoms. The van der Waals surface area contributed by atoms with E-state index in [9.17, 15) is 14.7 Å². The van der Waals surface area contributed by atoms with Crippen LogP contribution < -0.4 is 10.5 Å². The van der Waals surface area contributed by atoms with Gasteiger partial charge in [0.05, 0.1) is 7.11 Å². The number of ketones is 1. The van der Waals surface area contributed by atoms with Crippen LogP contribution in [0.1, 0.15) is 61.4 Å². The van der Waals surface area contributed by atoms with Crippen LogP contribution in [0.5, 0.6) is 11.5 Å². The van der Waals surface area contributed by atoms with Gasteiger partial charge >= 0.3 is 0 Å². The Balaban J connectivity index is 2.39. The second kappa shape index (κ2) is 10.6. The highest BCUT2D eigenvalue weighted by molar-refractivity contribution is 6.13. The molecule has 1 aromatic carbocycles. The maximum Gasteiger partial charge on any atom is 0.231 e. The Morgan fingerprint density at radius 3 is 2.55 bits per heavy atom. The largest absolute Gasteiger partial charge is 0.504 e. The van der Waals surface area contributed by atoms with Crippen molar-refractivity contribution in [1.82, 2.24) is 4.98 Å². The van der Waals surface area contributed by atoms with Gasteiger partial charge in [0.15, 0.2) is 17.3 Å². The number of pyridine rings is 1. The van der Waals surface area contributed by atoms with Crippen LogP contribution in [0.25, 0.3) is 0 Å². The van der Waals surface area contributed by atoms with Gasteiger partial charge in [-0.1, -0.05) is 45.1 Å². The topological polar surface area (TPSA) is 103 Å². The molecule has 1 aromatic heterocycles. The van der Waals surface area contributed by atoms with Crippen molar-refractivity contribution in [2.45, 2.75) is 51.9 Å². The van der Waals surface area contributed by atoms with Gasteiger partial charge in [-0.3, -0.25) is 14.6 Å². The highest BCUT2D eigenvalue weighted by atomic mass is 16.5. The van der Waals surface area contributed by atoms with Crippen LogP contribution in [0.2, 0.25) is 0 Å². The molecule has 1 atom stereocenters. The number of amides is 1. The van der Waals surface area contributed by atoms with E-state index in [-0.39, 0.29) is 23.7 Å². The molecule has 0 radical (unpaired) electrons. The van der Waals surface area contributed by atoms with E-state index in [1.165, 1.54) is 19.4 Å². The normalized spacial score (nSPS) is 12.9. The number of rotatable bonds is 12. The Kier molecular flexibility index (Phi) is 8.19. The summed E-state index contributed by atoms with van der Waals surface area (Å²) in [5.41, 5.74) is 5.53. The van der Waals surface area contributed by atoms with Crippen LogP contribution in [-0.4, -0.2) is 28.9 Å². The molecule has 0 bridgehead atoms. The number of nitrogens with two attached hydrogens (primary N) is 1. The van der Waals surface area contributed by atoms with E-state index >= 15 is 0 Å². The van der Waals surface area contributed by atoms with Crippen LogP contribution >= 0.6 is 0 Å². The maximum absolute atomic E-state index is 13.4. The zero-order valence-corrected chi connectivity index (χ0v) is 17.2. The fourth-order valence-electron chi connectivity index (χ4n) is 3.59. The first-order valence-electron chi connectivity index (χ1n) is 10.0. The van der Waals surface area contributed by atoms with E-state index in [0.717, 1.165) is 32.1 Å². The number of phenols is 1. The number of primary amides is 1. The molecule has 0 fully saturated rings. The van der Waals surface area contributed by atoms with Crippen molar-refractivity contribution in [2.75, 3.05) is 7.11 Å². The van der Waals surface area contributed by atoms with Gasteiger partial charge in [0.25, 0.3) is 0 Å². The lowest BCUT2D eigenvalue weighted by Gasteiger charge is -2.30. The Bertz CT molecular complexity index is 823. The minimum absolute atomic E-state index is 0.000855. The monoisotopic (exact) mass is 398 g/mol. The van der Waals surface area contributed by atoms with E-state index in [1.54, 1.807) is 30.5 Å². The van der Waals surface area contributed by atoms with Crippen molar-refractivity contribution in [3.8, 4) is 11.5 Å². The summed E-state index contributed by atoms with van der Waals surface area (Å²) in [6, 6.07) is 8.14. The number of hydrogen-bond acceptors (Lipinski definition) is 5. The van der Waals surface area contributed by atoms with E-state index in [4.69, 9.17) is 10.5 Å². The van der Waals surface area contributed by atoms with E-state index in [2.05, 4.69) is 11.9 Å². The molecule has 1 heterocycles. The van der Waals surface area contributed by atoms with Crippen molar-refractivity contribution < 1.29 is 19.4 Å². The van der Waals surface area contributed by atoms with Gasteiger partial charge in [-0.15, -0.1) is 0 Å². The number of aromatic hydroxyl groups is 1. The average molecular weight is 399 g/mol. The summed E-state index contributed by atoms with van der Waals surface area (Å²) < 4.78 is 5.17. The van der Waals surface area contributed by atoms with Crippen molar-refractivity contribution in [3.63, 3.8) is 0 Å². The fraction of sp³-hybridized carbons (Fsp3) is 0.435. The molecule has 1 unspecified atom stereocenters. The summed E-state index contributed by atoms with van der Waals surface area (Å²) in [5.74, 6) is -0.675. The Morgan fingerprint density at radius 2 is 1.93 bits per heavy atom. The molecule has 0 spiro atoms. The molecule has 156 valence electrons. The third-order valence-electron chi connectivity index (χ3n) is 5.29. The van der Waals surface area contributed by atoms with Gasteiger partial charge in [0.1, 0.15) is 5.41 Å². The molecular weight excluding hydrogens is 368 g/mol. The van der Waals surface area contributed by atoms with Crippen molar-refractivity contribution >= 4 is 11.7 Å². The van der Waals surface area contributed by atoms with Crippen molar-refractivity contribution in [3.05, 3.63) is 53.9 Å². The maximum atomic E-state index is 13.4. The minimum atomic E-state index is -1.38. The fourth-order valence-corrected chi connectivity index (χ4v) is 3.59. The number of nitrogens with zero attached hydrogens (tertiary/aromatic N) is 1. The quantitative estimate of drug-likeness (QED) is 0.319. The zero-order valence-electron chi connectivity index (χ0n) is 17.2. The summed E-state index contributed by atoms with van der Waals surface area (Å²) in [6.45, 7) is 2.14. The smallest absolute Gasteiger partial charge is 0.231 e. The lowest BCUT2D eigenvalue weighted by Crippen LogP contribution is -2.46. The van der Waals surface area contributed by atoms with E-state index < -0.39 is 11.3 Å². The molecule has 3 N–H and O–H groups in total. The third-order valence-corrected chi connectivity index (χ3v) is 5.29. The first-order valence-corrected chi connectivity index (χ1v) is 10.0. The van der Waals surface area contributed by atoms with Gasteiger partial charge < -0.3 is 15.6 Å². The first kappa shape index (κ1) is 22.4. The molecule has 0 saturated carbocycles. The van der Waals surface area contributed by atoms with Crippen LogP contribution in [0.15, 0.2) is 42.7 Å². The van der Waals surface area contributed by atoms with Gasteiger partial charge in [-0.25, -0.2) is 0 Å². The number of Topliss-reactive ketones (excluding diaryl/α,β-unsaturated/α-hetero) is 1. The van der Waals surface area contributed by atoms with Crippen molar-refractivity contribution in [1.29, 1.82) is 0 Å². The Hall–Kier alpha value is -2.89. The molecule has 0 aliphatic carbocycles. The lowest BCUT2D eigenvalue weighted by molar-refractivity contribution is -0.125. The predicted octanol–water partition coefficient (Wildman–Crippen LogP) is 4.05. The van der Waals surface area contributed by atoms with Gasteiger partial charge in [-0.05, 0) is 42.7 Å². The number of benzene rings is 1. The SMILES string of the molecule is CCCCCCCC(Cc1ccc(O)c(OC)c1)(C(N)=O)C(=O)c1cccnc1. The van der Waals surface area contributed by atoms with E-state index in [0.29, 0.717) is 17.5 Å². The summed E-state index contributed by atoms with van der Waals surface area (Å²) in [6.07, 6.45) is 8.50. The number of methoxy groups -OCH3 is 1. The van der Waals surface area contributed by atoms with Crippen LogP contribution in [0, 0.1) is 5.41 Å². The van der Waals surface area contributed by atoms with Gasteiger partial charge in [-0.2, -0.15) is 0 Å². The van der Waals surface area contributed by atoms with Crippen LogP contribution in [-0.2, 0) is 11.2 Å². The lowest BCUT2D eigenvalue weighted by atomic mass is 9.71. The standard InChI is InChI=1S/C23H30N2O4/c1-3-4-5-6-7-12-23(22(24)28,21(27)18-9-8-13-25-16-18)15-17-10-11-19(26)20(14-17)29-2/h8-11,13-14,16,26H,3-7,12,15H2,1-2H3,(H2,24,28). The highest BCUT2D eigenvalue weighted by Gasteiger charge is 2.44. The average Bonchev–Trinajstić information content (AvgIpc) is 2.73. The second-order valence-electron chi connectivity index (χ2n) is 7.36.